The Morgan fingerprint density at radius 1 is 1.00 bits per heavy atom. The highest BCUT2D eigenvalue weighted by Gasteiger charge is 2.39. The number of hydrogen-bond donors (Lipinski definition) is 0. The molecular weight excluding hydrogens is 325 g/mol. The van der Waals surface area contributed by atoms with Crippen LogP contribution in [0.25, 0.3) is 0 Å². The molecule has 0 aliphatic rings. The zero-order valence-electron chi connectivity index (χ0n) is 13.2. The van der Waals surface area contributed by atoms with E-state index in [9.17, 15) is 18.0 Å². The quantitative estimate of drug-likeness (QED) is 0.616. The van der Waals surface area contributed by atoms with Gasteiger partial charge < -0.3 is 14.2 Å². The number of esters is 1. The minimum atomic E-state index is -4.69. The van der Waals surface area contributed by atoms with Gasteiger partial charge in [0.05, 0.1) is 14.2 Å². The van der Waals surface area contributed by atoms with Crippen LogP contribution in [0.15, 0.2) is 36.4 Å². The summed E-state index contributed by atoms with van der Waals surface area (Å²) in [7, 11) is 2.37. The summed E-state index contributed by atoms with van der Waals surface area (Å²) in [4.78, 5) is 12.4. The van der Waals surface area contributed by atoms with Gasteiger partial charge in [0.2, 0.25) is 0 Å². The molecule has 2 aromatic carbocycles. The molecule has 2 rings (SSSR count). The van der Waals surface area contributed by atoms with Crippen LogP contribution in [-0.2, 0) is 6.18 Å². The summed E-state index contributed by atoms with van der Waals surface area (Å²) >= 11 is 0. The van der Waals surface area contributed by atoms with Gasteiger partial charge in [0.1, 0.15) is 28.4 Å². The lowest BCUT2D eigenvalue weighted by atomic mass is 9.99. The van der Waals surface area contributed by atoms with Crippen molar-refractivity contribution in [2.75, 3.05) is 14.2 Å². The lowest BCUT2D eigenvalue weighted by molar-refractivity contribution is -0.139. The molecule has 0 unspecified atom stereocenters. The van der Waals surface area contributed by atoms with E-state index in [1.165, 1.54) is 26.2 Å². The van der Waals surface area contributed by atoms with E-state index in [0.29, 0.717) is 0 Å². The second kappa shape index (κ2) is 6.82. The van der Waals surface area contributed by atoms with Crippen LogP contribution in [0.3, 0.4) is 0 Å². The Bertz CT molecular complexity index is 740. The van der Waals surface area contributed by atoms with Crippen molar-refractivity contribution in [1.82, 2.24) is 0 Å². The van der Waals surface area contributed by atoms with Gasteiger partial charge in [-0.1, -0.05) is 18.2 Å². The average Bonchev–Trinajstić information content (AvgIpc) is 2.53. The summed E-state index contributed by atoms with van der Waals surface area (Å²) in [5.74, 6) is -1.21. The van der Waals surface area contributed by atoms with Gasteiger partial charge in [0.25, 0.3) is 0 Å². The first-order chi connectivity index (χ1) is 11.3. The van der Waals surface area contributed by atoms with Gasteiger partial charge in [-0.25, -0.2) is 4.79 Å². The Balaban J connectivity index is 2.58. The molecule has 2 aromatic rings. The smallest absolute Gasteiger partial charge is 0.420 e. The van der Waals surface area contributed by atoms with Gasteiger partial charge >= 0.3 is 12.1 Å². The molecule has 0 bridgehead atoms. The van der Waals surface area contributed by atoms with E-state index in [-0.39, 0.29) is 22.6 Å². The van der Waals surface area contributed by atoms with E-state index in [2.05, 4.69) is 0 Å². The van der Waals surface area contributed by atoms with Crippen LogP contribution in [0, 0.1) is 6.92 Å². The highest BCUT2D eigenvalue weighted by Crippen LogP contribution is 2.43. The van der Waals surface area contributed by atoms with Gasteiger partial charge in [-0.15, -0.1) is 0 Å². The SMILES string of the molecule is COc1cc(OC)c(C(F)(F)F)c(C)c1C(=O)Oc1ccccc1. The molecular formula is C17H15F3O4. The van der Waals surface area contributed by atoms with E-state index in [0.717, 1.165) is 13.2 Å². The van der Waals surface area contributed by atoms with Crippen LogP contribution >= 0.6 is 0 Å². The summed E-state index contributed by atoms with van der Waals surface area (Å²) in [6.45, 7) is 1.18. The predicted octanol–water partition coefficient (Wildman–Crippen LogP) is 4.25. The summed E-state index contributed by atoms with van der Waals surface area (Å²) in [6, 6.07) is 9.07. The predicted molar refractivity (Wildman–Crippen MR) is 80.7 cm³/mol. The van der Waals surface area contributed by atoms with Crippen LogP contribution in [0.5, 0.6) is 17.2 Å². The molecule has 0 atom stereocenters. The Kier molecular flexibility index (Phi) is 5.02. The van der Waals surface area contributed by atoms with Crippen molar-refractivity contribution < 1.29 is 32.2 Å². The van der Waals surface area contributed by atoms with Crippen LogP contribution < -0.4 is 14.2 Å². The molecule has 0 heterocycles. The minimum absolute atomic E-state index is 0.0571. The molecule has 4 nitrogen and oxygen atoms in total. The number of carbonyl (C=O) groups excluding carboxylic acids is 1. The maximum absolute atomic E-state index is 13.3. The van der Waals surface area contributed by atoms with Crippen LogP contribution in [-0.4, -0.2) is 20.2 Å². The largest absolute Gasteiger partial charge is 0.496 e. The van der Waals surface area contributed by atoms with Crippen molar-refractivity contribution in [3.05, 3.63) is 53.1 Å². The lowest BCUT2D eigenvalue weighted by Crippen LogP contribution is -2.17. The number of methoxy groups -OCH3 is 2. The first-order valence-electron chi connectivity index (χ1n) is 6.89. The Morgan fingerprint density at radius 2 is 1.58 bits per heavy atom. The molecule has 0 amide bonds. The number of rotatable bonds is 4. The second-order valence-electron chi connectivity index (χ2n) is 4.86. The average molecular weight is 340 g/mol. The Morgan fingerprint density at radius 3 is 2.08 bits per heavy atom. The summed E-state index contributed by atoms with van der Waals surface area (Å²) in [5, 5.41) is 0. The Hall–Kier alpha value is -2.70. The van der Waals surface area contributed by atoms with Crippen molar-refractivity contribution in [3.63, 3.8) is 0 Å². The molecule has 128 valence electrons. The van der Waals surface area contributed by atoms with Gasteiger partial charge in [-0.2, -0.15) is 13.2 Å². The fourth-order valence-corrected chi connectivity index (χ4v) is 2.33. The second-order valence-corrected chi connectivity index (χ2v) is 4.86. The third kappa shape index (κ3) is 3.45. The number of hydrogen-bond acceptors (Lipinski definition) is 4. The molecule has 0 saturated heterocycles. The highest BCUT2D eigenvalue weighted by atomic mass is 19.4. The number of ether oxygens (including phenoxy) is 3. The summed E-state index contributed by atoms with van der Waals surface area (Å²) in [5.41, 5.74) is -1.65. The topological polar surface area (TPSA) is 44.8 Å². The van der Waals surface area contributed by atoms with Gasteiger partial charge in [-0.3, -0.25) is 0 Å². The molecule has 0 aliphatic carbocycles. The number of alkyl halides is 3. The van der Waals surface area contributed by atoms with Crippen LogP contribution in [0.1, 0.15) is 21.5 Å². The maximum Gasteiger partial charge on any atom is 0.420 e. The molecule has 0 saturated carbocycles. The van der Waals surface area contributed by atoms with E-state index in [1.54, 1.807) is 18.2 Å². The number of halogens is 3. The minimum Gasteiger partial charge on any atom is -0.496 e. The Labute approximate surface area is 136 Å². The lowest BCUT2D eigenvalue weighted by Gasteiger charge is -2.19. The van der Waals surface area contributed by atoms with Gasteiger partial charge in [-0.05, 0) is 24.6 Å². The van der Waals surface area contributed by atoms with E-state index in [4.69, 9.17) is 14.2 Å². The molecule has 0 aliphatic heterocycles. The molecule has 24 heavy (non-hydrogen) atoms. The number of para-hydroxylation sites is 1. The standard InChI is InChI=1S/C17H15F3O4/c1-10-14(16(21)24-11-7-5-4-6-8-11)12(22-2)9-13(23-3)15(10)17(18,19)20/h4-9H,1-3H3. The van der Waals surface area contributed by atoms with Crippen LogP contribution in [0.4, 0.5) is 13.2 Å². The molecule has 0 aromatic heterocycles. The third-order valence-corrected chi connectivity index (χ3v) is 3.39. The fourth-order valence-electron chi connectivity index (χ4n) is 2.33. The maximum atomic E-state index is 13.3. The van der Waals surface area contributed by atoms with Crippen molar-refractivity contribution in [2.24, 2.45) is 0 Å². The van der Waals surface area contributed by atoms with Crippen molar-refractivity contribution >= 4 is 5.97 Å². The summed E-state index contributed by atoms with van der Waals surface area (Å²) < 4.78 is 55.0. The first-order valence-corrected chi connectivity index (χ1v) is 6.89. The van der Waals surface area contributed by atoms with E-state index < -0.39 is 23.5 Å². The van der Waals surface area contributed by atoms with Crippen LogP contribution in [0.2, 0.25) is 0 Å². The van der Waals surface area contributed by atoms with E-state index >= 15 is 0 Å². The summed E-state index contributed by atoms with van der Waals surface area (Å²) in [6.07, 6.45) is -4.69. The van der Waals surface area contributed by atoms with Crippen molar-refractivity contribution in [2.45, 2.75) is 13.1 Å². The zero-order chi connectivity index (χ0) is 17.9. The zero-order valence-corrected chi connectivity index (χ0v) is 13.2. The molecule has 0 radical (unpaired) electrons. The van der Waals surface area contributed by atoms with Crippen molar-refractivity contribution in [1.29, 1.82) is 0 Å². The number of carbonyl (C=O) groups is 1. The molecule has 7 heteroatoms. The molecule has 0 fully saturated rings. The van der Waals surface area contributed by atoms with Gasteiger partial charge in [0, 0.05) is 6.07 Å². The third-order valence-electron chi connectivity index (χ3n) is 3.39. The monoisotopic (exact) mass is 340 g/mol. The van der Waals surface area contributed by atoms with E-state index in [1.807, 2.05) is 0 Å². The highest BCUT2D eigenvalue weighted by molar-refractivity contribution is 5.96. The molecule has 0 spiro atoms. The van der Waals surface area contributed by atoms with Gasteiger partial charge in [0.15, 0.2) is 0 Å². The molecule has 0 N–H and O–H groups in total. The fraction of sp³-hybridized carbons (Fsp3) is 0.235. The number of benzene rings is 2. The first kappa shape index (κ1) is 17.7. The normalized spacial score (nSPS) is 11.1. The van der Waals surface area contributed by atoms with Crippen molar-refractivity contribution in [3.8, 4) is 17.2 Å².